The number of aromatic hydroxyl groups is 2. The first-order valence-corrected chi connectivity index (χ1v) is 7.04. The number of nitrogens with one attached hydrogen (secondary N) is 1. The Kier molecular flexibility index (Phi) is 5.22. The summed E-state index contributed by atoms with van der Waals surface area (Å²) < 4.78 is 0. The van der Waals surface area contributed by atoms with Crippen molar-refractivity contribution in [2.24, 2.45) is 5.10 Å². The fourth-order valence-corrected chi connectivity index (χ4v) is 2.22. The molecule has 2 aromatic rings. The molecule has 0 fully saturated rings. The van der Waals surface area contributed by atoms with Gasteiger partial charge >= 0.3 is 5.69 Å². The maximum absolute atomic E-state index is 11.9. The van der Waals surface area contributed by atoms with Gasteiger partial charge in [-0.2, -0.15) is 5.10 Å². The number of halogens is 2. The Morgan fingerprint density at radius 3 is 2.54 bits per heavy atom. The molecule has 124 valence electrons. The third-order valence-corrected chi connectivity index (χ3v) is 3.41. The second-order valence-corrected chi connectivity index (χ2v) is 5.32. The van der Waals surface area contributed by atoms with Crippen molar-refractivity contribution in [1.29, 1.82) is 0 Å². The van der Waals surface area contributed by atoms with Crippen LogP contribution in [0, 0.1) is 10.1 Å². The number of hydrazone groups is 1. The molecule has 0 unspecified atom stereocenters. The highest BCUT2D eigenvalue weighted by molar-refractivity contribution is 6.36. The molecule has 2 aromatic carbocycles. The molecule has 24 heavy (non-hydrogen) atoms. The summed E-state index contributed by atoms with van der Waals surface area (Å²) in [6.45, 7) is 0. The molecule has 0 radical (unpaired) electrons. The lowest BCUT2D eigenvalue weighted by Crippen LogP contribution is -2.18. The van der Waals surface area contributed by atoms with Crippen molar-refractivity contribution in [3.63, 3.8) is 0 Å². The zero-order valence-corrected chi connectivity index (χ0v) is 13.2. The third kappa shape index (κ3) is 3.92. The van der Waals surface area contributed by atoms with E-state index in [1.807, 2.05) is 0 Å². The monoisotopic (exact) mass is 369 g/mol. The second kappa shape index (κ2) is 7.16. The lowest BCUT2D eigenvalue weighted by Gasteiger charge is -2.04. The van der Waals surface area contributed by atoms with E-state index in [1.54, 1.807) is 0 Å². The fourth-order valence-electron chi connectivity index (χ4n) is 1.73. The number of benzene rings is 2. The maximum atomic E-state index is 11.9. The van der Waals surface area contributed by atoms with E-state index in [-0.39, 0.29) is 16.1 Å². The molecule has 0 saturated heterocycles. The minimum absolute atomic E-state index is 0.0676. The summed E-state index contributed by atoms with van der Waals surface area (Å²) in [7, 11) is 0. The lowest BCUT2D eigenvalue weighted by atomic mass is 10.2. The van der Waals surface area contributed by atoms with Gasteiger partial charge in [0.2, 0.25) is 0 Å². The van der Waals surface area contributed by atoms with E-state index in [1.165, 1.54) is 18.2 Å². The van der Waals surface area contributed by atoms with Gasteiger partial charge in [0.25, 0.3) is 5.91 Å². The predicted molar refractivity (Wildman–Crippen MR) is 87.9 cm³/mol. The number of nitro groups is 1. The number of nitro benzene ring substituents is 1. The highest BCUT2D eigenvalue weighted by Crippen LogP contribution is 2.31. The Morgan fingerprint density at radius 2 is 1.92 bits per heavy atom. The zero-order valence-electron chi connectivity index (χ0n) is 11.7. The molecule has 0 saturated carbocycles. The van der Waals surface area contributed by atoms with Crippen molar-refractivity contribution < 1.29 is 19.9 Å². The van der Waals surface area contributed by atoms with Gasteiger partial charge in [-0.25, -0.2) is 5.43 Å². The molecule has 0 spiro atoms. The summed E-state index contributed by atoms with van der Waals surface area (Å²) in [5, 5.41) is 33.8. The average molecular weight is 370 g/mol. The van der Waals surface area contributed by atoms with Crippen LogP contribution >= 0.6 is 23.2 Å². The van der Waals surface area contributed by atoms with Gasteiger partial charge in [-0.05, 0) is 18.2 Å². The van der Waals surface area contributed by atoms with Crippen molar-refractivity contribution in [2.75, 3.05) is 0 Å². The number of carbonyl (C=O) groups excluding carboxylic acids is 1. The number of hydrogen-bond donors (Lipinski definition) is 3. The van der Waals surface area contributed by atoms with Crippen molar-refractivity contribution in [3.05, 3.63) is 61.6 Å². The molecular formula is C14H9Cl2N3O5. The van der Waals surface area contributed by atoms with E-state index in [0.29, 0.717) is 5.02 Å². The number of amides is 1. The van der Waals surface area contributed by atoms with E-state index in [0.717, 1.165) is 18.3 Å². The maximum Gasteiger partial charge on any atom is 0.311 e. The fraction of sp³-hybridized carbons (Fsp3) is 0. The summed E-state index contributed by atoms with van der Waals surface area (Å²) in [5.74, 6) is -1.77. The van der Waals surface area contributed by atoms with Gasteiger partial charge in [-0.1, -0.05) is 23.2 Å². The molecule has 0 atom stereocenters. The molecule has 0 aliphatic rings. The first-order valence-electron chi connectivity index (χ1n) is 6.28. The quantitative estimate of drug-likeness (QED) is 0.433. The first-order chi connectivity index (χ1) is 11.3. The van der Waals surface area contributed by atoms with Gasteiger partial charge in [0.05, 0.1) is 21.7 Å². The van der Waals surface area contributed by atoms with Gasteiger partial charge in [-0.3, -0.25) is 14.9 Å². The topological polar surface area (TPSA) is 125 Å². The lowest BCUT2D eigenvalue weighted by molar-refractivity contribution is -0.385. The van der Waals surface area contributed by atoms with E-state index >= 15 is 0 Å². The number of rotatable bonds is 4. The minimum atomic E-state index is -0.821. The number of phenolic OH excluding ortho intramolecular Hbond substituents is 2. The van der Waals surface area contributed by atoms with Crippen molar-refractivity contribution >= 4 is 41.0 Å². The van der Waals surface area contributed by atoms with E-state index in [2.05, 4.69) is 10.5 Å². The molecule has 0 bridgehead atoms. The molecule has 8 nitrogen and oxygen atoms in total. The smallest absolute Gasteiger partial charge is 0.311 e. The Labute approximate surface area is 145 Å². The molecule has 10 heteroatoms. The second-order valence-electron chi connectivity index (χ2n) is 4.48. The zero-order chi connectivity index (χ0) is 17.9. The van der Waals surface area contributed by atoms with Crippen LogP contribution in [0.4, 0.5) is 5.69 Å². The highest BCUT2D eigenvalue weighted by atomic mass is 35.5. The summed E-state index contributed by atoms with van der Waals surface area (Å²) in [4.78, 5) is 21.8. The van der Waals surface area contributed by atoms with Crippen molar-refractivity contribution in [3.8, 4) is 11.5 Å². The molecule has 0 aliphatic carbocycles. The Balaban J connectivity index is 2.18. The van der Waals surface area contributed by atoms with Gasteiger partial charge in [0.15, 0.2) is 5.75 Å². The van der Waals surface area contributed by atoms with Crippen LogP contribution in [0.3, 0.4) is 0 Å². The SMILES string of the molecule is O=C(N/N=C/c1cc([N+](=O)[O-])c(O)cc1O)c1ccc(Cl)cc1Cl. The summed E-state index contributed by atoms with van der Waals surface area (Å²) in [5.41, 5.74) is 1.60. The molecule has 2 rings (SSSR count). The molecule has 0 aliphatic heterocycles. The standard InChI is InChI=1S/C14H9Cl2N3O5/c15-8-1-2-9(10(16)4-8)14(22)18-17-6-7-3-11(19(23)24)13(21)5-12(7)20/h1-6,20-21H,(H,18,22)/b17-6+. The number of phenols is 2. The number of carbonyl (C=O) groups is 1. The van der Waals surface area contributed by atoms with E-state index < -0.39 is 28.0 Å². The molecular weight excluding hydrogens is 361 g/mol. The van der Waals surface area contributed by atoms with Gasteiger partial charge in [0.1, 0.15) is 5.75 Å². The van der Waals surface area contributed by atoms with Crippen molar-refractivity contribution in [1.82, 2.24) is 5.43 Å². The average Bonchev–Trinajstić information content (AvgIpc) is 2.48. The van der Waals surface area contributed by atoms with Crippen LogP contribution < -0.4 is 5.43 Å². The normalized spacial score (nSPS) is 10.8. The molecule has 1 amide bonds. The largest absolute Gasteiger partial charge is 0.507 e. The highest BCUT2D eigenvalue weighted by Gasteiger charge is 2.16. The van der Waals surface area contributed by atoms with E-state index in [4.69, 9.17) is 23.2 Å². The van der Waals surface area contributed by atoms with Gasteiger partial charge in [-0.15, -0.1) is 0 Å². The van der Waals surface area contributed by atoms with Crippen LogP contribution in [0.2, 0.25) is 10.0 Å². The molecule has 3 N–H and O–H groups in total. The van der Waals surface area contributed by atoms with Crippen LogP contribution in [0.5, 0.6) is 11.5 Å². The van der Waals surface area contributed by atoms with E-state index in [9.17, 15) is 25.1 Å². The summed E-state index contributed by atoms with van der Waals surface area (Å²) in [6, 6.07) is 5.98. The van der Waals surface area contributed by atoms with Crippen LogP contribution in [-0.4, -0.2) is 27.3 Å². The summed E-state index contributed by atoms with van der Waals surface area (Å²) >= 11 is 11.6. The number of hydrogen-bond acceptors (Lipinski definition) is 6. The van der Waals surface area contributed by atoms with Gasteiger partial charge < -0.3 is 10.2 Å². The summed E-state index contributed by atoms with van der Waals surface area (Å²) in [6.07, 6.45) is 0.990. The predicted octanol–water partition coefficient (Wildman–Crippen LogP) is 3.08. The molecule has 0 aromatic heterocycles. The van der Waals surface area contributed by atoms with Crippen molar-refractivity contribution in [2.45, 2.75) is 0 Å². The Morgan fingerprint density at radius 1 is 1.21 bits per heavy atom. The van der Waals surface area contributed by atoms with Gasteiger partial charge in [0, 0.05) is 22.7 Å². The van der Waals surface area contributed by atoms with Crippen LogP contribution in [0.1, 0.15) is 15.9 Å². The first kappa shape index (κ1) is 17.5. The van der Waals surface area contributed by atoms with Crippen LogP contribution in [-0.2, 0) is 0 Å². The molecule has 0 heterocycles. The van der Waals surface area contributed by atoms with Crippen LogP contribution in [0.15, 0.2) is 35.4 Å². The Hall–Kier alpha value is -2.84. The van der Waals surface area contributed by atoms with Crippen LogP contribution in [0.25, 0.3) is 0 Å². The number of nitrogens with zero attached hydrogens (tertiary/aromatic N) is 2. The minimum Gasteiger partial charge on any atom is -0.507 e. The Bertz CT molecular complexity index is 855. The third-order valence-electron chi connectivity index (χ3n) is 2.87.